The van der Waals surface area contributed by atoms with E-state index in [1.807, 2.05) is 11.9 Å². The van der Waals surface area contributed by atoms with Crippen LogP contribution in [0.3, 0.4) is 0 Å². The second kappa shape index (κ2) is 4.64. The normalized spacial score (nSPS) is 18.2. The predicted molar refractivity (Wildman–Crippen MR) is 53.2 cm³/mol. The van der Waals surface area contributed by atoms with Crippen LogP contribution in [0, 0.1) is 0 Å². The lowest BCUT2D eigenvalue weighted by Gasteiger charge is -2.26. The molecule has 0 aromatic carbocycles. The van der Waals surface area contributed by atoms with Crippen LogP contribution >= 0.6 is 0 Å². The third-order valence-corrected chi connectivity index (χ3v) is 2.75. The Morgan fingerprint density at radius 2 is 2.14 bits per heavy atom. The lowest BCUT2D eigenvalue weighted by atomic mass is 10.2. The summed E-state index contributed by atoms with van der Waals surface area (Å²) in [5.74, 6) is 0. The Balaban J connectivity index is 2.28. The average Bonchev–Trinajstić information content (AvgIpc) is 2.85. The number of nitrogens with zero attached hydrogens (tertiary/aromatic N) is 1. The fourth-order valence-electron chi connectivity index (χ4n) is 1.63. The number of rotatable bonds is 6. The van der Waals surface area contributed by atoms with Gasteiger partial charge in [-0.3, -0.25) is 4.90 Å². The second-order valence-electron chi connectivity index (χ2n) is 3.94. The van der Waals surface area contributed by atoms with Gasteiger partial charge in [-0.15, -0.1) is 0 Å². The monoisotopic (exact) mass is 201 g/mol. The molecule has 0 heterocycles. The Bertz CT molecular complexity index is 202. The highest BCUT2D eigenvalue weighted by atomic mass is 16.7. The van der Waals surface area contributed by atoms with E-state index in [0.717, 1.165) is 25.8 Å². The largest absolute Gasteiger partial charge is 0.507 e. The van der Waals surface area contributed by atoms with Crippen LogP contribution in [0.4, 0.5) is 4.79 Å². The van der Waals surface area contributed by atoms with Gasteiger partial charge < -0.3 is 9.84 Å². The Kier molecular flexibility index (Phi) is 3.75. The summed E-state index contributed by atoms with van der Waals surface area (Å²) in [5.41, 5.74) is -0.487. The molecule has 4 heteroatoms. The molecule has 1 rings (SSSR count). The number of hydrogen-bond acceptors (Lipinski definition) is 3. The van der Waals surface area contributed by atoms with E-state index in [-0.39, 0.29) is 0 Å². The summed E-state index contributed by atoms with van der Waals surface area (Å²) in [7, 11) is 1.94. The molecule has 0 unspecified atom stereocenters. The summed E-state index contributed by atoms with van der Waals surface area (Å²) in [4.78, 5) is 12.5. The molecule has 1 saturated carbocycles. The van der Waals surface area contributed by atoms with Crippen LogP contribution in [0.5, 0.6) is 0 Å². The van der Waals surface area contributed by atoms with Gasteiger partial charge in [-0.1, -0.05) is 19.8 Å². The molecule has 0 aromatic rings. The van der Waals surface area contributed by atoms with E-state index in [1.54, 1.807) is 0 Å². The SMILES string of the molecule is CCCCCN(C)C1(OC(=O)O)CC1. The van der Waals surface area contributed by atoms with Gasteiger partial charge in [0.15, 0.2) is 5.72 Å². The minimum absolute atomic E-state index is 0.487. The highest BCUT2D eigenvalue weighted by molar-refractivity contribution is 5.58. The molecule has 0 radical (unpaired) electrons. The summed E-state index contributed by atoms with van der Waals surface area (Å²) in [6.07, 6.45) is 3.99. The van der Waals surface area contributed by atoms with E-state index in [4.69, 9.17) is 9.84 Å². The van der Waals surface area contributed by atoms with E-state index < -0.39 is 11.9 Å². The van der Waals surface area contributed by atoms with Crippen molar-refractivity contribution in [1.29, 1.82) is 0 Å². The molecule has 4 nitrogen and oxygen atoms in total. The minimum atomic E-state index is -1.16. The van der Waals surface area contributed by atoms with Gasteiger partial charge in [0.25, 0.3) is 0 Å². The minimum Gasteiger partial charge on any atom is -0.450 e. The van der Waals surface area contributed by atoms with Crippen LogP contribution in [0.25, 0.3) is 0 Å². The van der Waals surface area contributed by atoms with E-state index >= 15 is 0 Å². The molecule has 1 N–H and O–H groups in total. The maximum absolute atomic E-state index is 10.4. The first-order chi connectivity index (χ1) is 6.60. The van der Waals surface area contributed by atoms with Crippen molar-refractivity contribution in [2.75, 3.05) is 13.6 Å². The van der Waals surface area contributed by atoms with Crippen LogP contribution in [0.2, 0.25) is 0 Å². The van der Waals surface area contributed by atoms with Gasteiger partial charge in [0.2, 0.25) is 0 Å². The lowest BCUT2D eigenvalue weighted by molar-refractivity contribution is -0.0446. The molecule has 82 valence electrons. The molecule has 0 bridgehead atoms. The van der Waals surface area contributed by atoms with Gasteiger partial charge in [-0.05, 0) is 13.5 Å². The van der Waals surface area contributed by atoms with Crippen molar-refractivity contribution in [1.82, 2.24) is 4.90 Å². The standard InChI is InChI=1S/C10H19NO3/c1-3-4-5-8-11(2)10(6-7-10)14-9(12)13/h3-8H2,1-2H3,(H,12,13). The van der Waals surface area contributed by atoms with Crippen LogP contribution in [0.15, 0.2) is 0 Å². The smallest absolute Gasteiger partial charge is 0.450 e. The first kappa shape index (κ1) is 11.3. The molecule has 0 amide bonds. The quantitative estimate of drug-likeness (QED) is 0.407. The number of ether oxygens (including phenoxy) is 1. The van der Waals surface area contributed by atoms with Crippen molar-refractivity contribution in [2.45, 2.75) is 44.8 Å². The first-order valence-electron chi connectivity index (χ1n) is 5.24. The zero-order chi connectivity index (χ0) is 10.6. The van der Waals surface area contributed by atoms with Gasteiger partial charge in [0.05, 0.1) is 0 Å². The van der Waals surface area contributed by atoms with Crippen LogP contribution in [0.1, 0.15) is 39.0 Å². The third-order valence-electron chi connectivity index (χ3n) is 2.75. The number of unbranched alkanes of at least 4 members (excludes halogenated alkanes) is 2. The zero-order valence-corrected chi connectivity index (χ0v) is 8.95. The van der Waals surface area contributed by atoms with Crippen LogP contribution in [-0.2, 0) is 4.74 Å². The summed E-state index contributed by atoms with van der Waals surface area (Å²) >= 11 is 0. The molecular formula is C10H19NO3. The number of carbonyl (C=O) groups is 1. The lowest BCUT2D eigenvalue weighted by Crippen LogP contribution is -2.38. The Morgan fingerprint density at radius 1 is 1.50 bits per heavy atom. The Labute approximate surface area is 84.8 Å². The maximum atomic E-state index is 10.4. The second-order valence-corrected chi connectivity index (χ2v) is 3.94. The van der Waals surface area contributed by atoms with E-state index in [1.165, 1.54) is 12.8 Å². The van der Waals surface area contributed by atoms with Gasteiger partial charge >= 0.3 is 6.16 Å². The zero-order valence-electron chi connectivity index (χ0n) is 8.95. The van der Waals surface area contributed by atoms with Crippen molar-refractivity contribution in [3.8, 4) is 0 Å². The Morgan fingerprint density at radius 3 is 2.57 bits per heavy atom. The van der Waals surface area contributed by atoms with Crippen LogP contribution in [-0.4, -0.2) is 35.5 Å². The van der Waals surface area contributed by atoms with Gasteiger partial charge in [-0.25, -0.2) is 4.79 Å². The molecule has 1 aliphatic carbocycles. The van der Waals surface area contributed by atoms with Crippen molar-refractivity contribution in [3.63, 3.8) is 0 Å². The first-order valence-corrected chi connectivity index (χ1v) is 5.24. The molecule has 0 atom stereocenters. The molecule has 0 aromatic heterocycles. The van der Waals surface area contributed by atoms with Crippen molar-refractivity contribution in [2.24, 2.45) is 0 Å². The van der Waals surface area contributed by atoms with E-state index in [0.29, 0.717) is 0 Å². The third kappa shape index (κ3) is 2.87. The summed E-state index contributed by atoms with van der Waals surface area (Å²) in [5, 5.41) is 8.56. The highest BCUT2D eigenvalue weighted by Crippen LogP contribution is 2.42. The summed E-state index contributed by atoms with van der Waals surface area (Å²) < 4.78 is 4.88. The molecule has 1 fully saturated rings. The van der Waals surface area contributed by atoms with Gasteiger partial charge in [0.1, 0.15) is 0 Å². The molecule has 14 heavy (non-hydrogen) atoms. The maximum Gasteiger partial charge on any atom is 0.507 e. The predicted octanol–water partition coefficient (Wildman–Crippen LogP) is 2.29. The highest BCUT2D eigenvalue weighted by Gasteiger charge is 2.50. The van der Waals surface area contributed by atoms with Gasteiger partial charge in [-0.2, -0.15) is 0 Å². The van der Waals surface area contributed by atoms with E-state index in [9.17, 15) is 4.79 Å². The van der Waals surface area contributed by atoms with Gasteiger partial charge in [0, 0.05) is 19.4 Å². The van der Waals surface area contributed by atoms with Crippen LogP contribution < -0.4 is 0 Å². The van der Waals surface area contributed by atoms with Crippen molar-refractivity contribution >= 4 is 6.16 Å². The number of carboxylic acid groups (broad SMARTS) is 1. The molecule has 0 spiro atoms. The fourth-order valence-corrected chi connectivity index (χ4v) is 1.63. The summed E-state index contributed by atoms with van der Waals surface area (Å²) in [6, 6.07) is 0. The average molecular weight is 201 g/mol. The van der Waals surface area contributed by atoms with E-state index in [2.05, 4.69) is 6.92 Å². The molecule has 1 aliphatic rings. The Hall–Kier alpha value is -0.770. The topological polar surface area (TPSA) is 49.8 Å². The van der Waals surface area contributed by atoms with Crippen molar-refractivity contribution < 1.29 is 14.6 Å². The molecule has 0 aliphatic heterocycles. The molecular weight excluding hydrogens is 182 g/mol. The molecule has 0 saturated heterocycles. The summed E-state index contributed by atoms with van der Waals surface area (Å²) in [6.45, 7) is 3.07. The number of hydrogen-bond donors (Lipinski definition) is 1. The fraction of sp³-hybridized carbons (Fsp3) is 0.900. The van der Waals surface area contributed by atoms with Crippen molar-refractivity contribution in [3.05, 3.63) is 0 Å².